The first-order valence-electron chi connectivity index (χ1n) is 13.6. The van der Waals surface area contributed by atoms with Crippen LogP contribution in [0.4, 0.5) is 9.93 Å². The molecule has 5 N–H and O–H groups in total. The molecule has 0 saturated heterocycles. The Hall–Kier alpha value is -3.80. The lowest BCUT2D eigenvalue weighted by atomic mass is 9.84. The number of hydrogen-bond acceptors (Lipinski definition) is 7. The molecule has 1 saturated carbocycles. The van der Waals surface area contributed by atoms with Gasteiger partial charge >= 0.3 is 6.09 Å². The summed E-state index contributed by atoms with van der Waals surface area (Å²) in [5.41, 5.74) is 3.32. The van der Waals surface area contributed by atoms with E-state index >= 15 is 0 Å². The van der Waals surface area contributed by atoms with Crippen LogP contribution in [-0.2, 0) is 21.6 Å². The molecule has 1 fully saturated rings. The fourth-order valence-corrected chi connectivity index (χ4v) is 5.35. The number of carbonyl (C=O) groups excluding carboxylic acids is 2. The van der Waals surface area contributed by atoms with E-state index in [0.717, 1.165) is 48.1 Å². The zero-order valence-electron chi connectivity index (χ0n) is 23.2. The second-order valence-electron chi connectivity index (χ2n) is 10.8. The van der Waals surface area contributed by atoms with Crippen molar-refractivity contribution < 1.29 is 29.3 Å². The number of thiazole rings is 1. The van der Waals surface area contributed by atoms with Crippen LogP contribution >= 0.6 is 11.3 Å². The highest BCUT2D eigenvalue weighted by Gasteiger charge is 2.23. The van der Waals surface area contributed by atoms with Crippen LogP contribution in [0.15, 0.2) is 53.9 Å². The van der Waals surface area contributed by atoms with Crippen LogP contribution in [-0.4, -0.2) is 58.4 Å². The SMILES string of the molecule is CC(C)(CNC(=O)O)c1cccc(C(=O)NCC(=O)Nc2nc(-c3cccc(CO[C@H]4CC[C@H](O)CC4)c3)cs2)c1. The Morgan fingerprint density at radius 3 is 2.56 bits per heavy atom. The molecule has 0 aliphatic heterocycles. The van der Waals surface area contributed by atoms with Crippen LogP contribution < -0.4 is 16.0 Å². The molecule has 10 nitrogen and oxygen atoms in total. The maximum absolute atomic E-state index is 12.7. The Balaban J connectivity index is 1.28. The predicted octanol–water partition coefficient (Wildman–Crippen LogP) is 4.54. The molecule has 2 aromatic carbocycles. The zero-order valence-corrected chi connectivity index (χ0v) is 24.0. The molecule has 218 valence electrons. The molecular weight excluding hydrogens is 544 g/mol. The fraction of sp³-hybridized carbons (Fsp3) is 0.400. The molecule has 41 heavy (non-hydrogen) atoms. The van der Waals surface area contributed by atoms with Crippen molar-refractivity contribution >= 4 is 34.4 Å². The maximum atomic E-state index is 12.7. The molecule has 4 rings (SSSR count). The second-order valence-corrected chi connectivity index (χ2v) is 11.7. The van der Waals surface area contributed by atoms with Gasteiger partial charge in [-0.3, -0.25) is 9.59 Å². The van der Waals surface area contributed by atoms with E-state index in [0.29, 0.717) is 17.3 Å². The first kappa shape index (κ1) is 30.2. The van der Waals surface area contributed by atoms with Gasteiger partial charge in [0.15, 0.2) is 5.13 Å². The summed E-state index contributed by atoms with van der Waals surface area (Å²) in [5, 5.41) is 28.6. The Morgan fingerprint density at radius 2 is 1.80 bits per heavy atom. The first-order valence-corrected chi connectivity index (χ1v) is 14.5. The maximum Gasteiger partial charge on any atom is 0.404 e. The quantitative estimate of drug-likeness (QED) is 0.223. The van der Waals surface area contributed by atoms with Gasteiger partial charge in [-0.05, 0) is 55.0 Å². The van der Waals surface area contributed by atoms with Gasteiger partial charge in [0.2, 0.25) is 5.91 Å². The van der Waals surface area contributed by atoms with Gasteiger partial charge in [-0.15, -0.1) is 11.3 Å². The number of hydrogen-bond donors (Lipinski definition) is 5. The third-order valence-electron chi connectivity index (χ3n) is 7.10. The smallest absolute Gasteiger partial charge is 0.404 e. The molecule has 11 heteroatoms. The Kier molecular flexibility index (Phi) is 10.1. The van der Waals surface area contributed by atoms with Gasteiger partial charge in [-0.2, -0.15) is 0 Å². The molecule has 0 radical (unpaired) electrons. The van der Waals surface area contributed by atoms with Crippen LogP contribution in [0.25, 0.3) is 11.3 Å². The number of aromatic nitrogens is 1. The molecule has 1 aliphatic carbocycles. The summed E-state index contributed by atoms with van der Waals surface area (Å²) in [6.07, 6.45) is 2.14. The number of amides is 3. The highest BCUT2D eigenvalue weighted by Crippen LogP contribution is 2.27. The van der Waals surface area contributed by atoms with Crippen LogP contribution in [0.3, 0.4) is 0 Å². The minimum atomic E-state index is -1.11. The van der Waals surface area contributed by atoms with Gasteiger partial charge in [0.25, 0.3) is 5.91 Å². The Labute approximate surface area is 243 Å². The van der Waals surface area contributed by atoms with Crippen LogP contribution in [0.1, 0.15) is 61.0 Å². The molecule has 3 aromatic rings. The van der Waals surface area contributed by atoms with Gasteiger partial charge < -0.3 is 30.9 Å². The number of benzene rings is 2. The summed E-state index contributed by atoms with van der Waals surface area (Å²) in [6, 6.07) is 14.8. The Morgan fingerprint density at radius 1 is 1.05 bits per heavy atom. The van der Waals surface area contributed by atoms with Gasteiger partial charge in [-0.1, -0.05) is 44.2 Å². The summed E-state index contributed by atoms with van der Waals surface area (Å²) >= 11 is 1.30. The molecule has 0 unspecified atom stereocenters. The predicted molar refractivity (Wildman–Crippen MR) is 157 cm³/mol. The number of aliphatic hydroxyl groups is 1. The molecular formula is C30H36N4O6S. The third-order valence-corrected chi connectivity index (χ3v) is 7.86. The minimum absolute atomic E-state index is 0.167. The number of ether oxygens (including phenoxy) is 1. The summed E-state index contributed by atoms with van der Waals surface area (Å²) in [5.74, 6) is -0.812. The second kappa shape index (κ2) is 13.7. The third kappa shape index (κ3) is 8.84. The zero-order chi connectivity index (χ0) is 29.4. The van der Waals surface area contributed by atoms with Gasteiger partial charge in [0.05, 0.1) is 31.1 Å². The topological polar surface area (TPSA) is 150 Å². The van der Waals surface area contributed by atoms with E-state index < -0.39 is 23.3 Å². The van der Waals surface area contributed by atoms with Crippen molar-refractivity contribution in [3.05, 3.63) is 70.6 Å². The number of rotatable bonds is 11. The van der Waals surface area contributed by atoms with E-state index in [-0.39, 0.29) is 25.3 Å². The molecule has 0 spiro atoms. The molecule has 1 aliphatic rings. The van der Waals surface area contributed by atoms with Crippen molar-refractivity contribution in [1.82, 2.24) is 15.6 Å². The van der Waals surface area contributed by atoms with E-state index in [9.17, 15) is 19.5 Å². The summed E-state index contributed by atoms with van der Waals surface area (Å²) in [6.45, 7) is 4.21. The fourth-order valence-electron chi connectivity index (χ4n) is 4.62. The van der Waals surface area contributed by atoms with E-state index in [1.807, 2.05) is 49.6 Å². The lowest BCUT2D eigenvalue weighted by Gasteiger charge is -2.25. The monoisotopic (exact) mass is 580 g/mol. The number of aliphatic hydroxyl groups excluding tert-OH is 1. The van der Waals surface area contributed by atoms with Gasteiger partial charge in [0.1, 0.15) is 0 Å². The van der Waals surface area contributed by atoms with Crippen molar-refractivity contribution in [3.63, 3.8) is 0 Å². The molecule has 3 amide bonds. The van der Waals surface area contributed by atoms with Crippen molar-refractivity contribution in [3.8, 4) is 11.3 Å². The van der Waals surface area contributed by atoms with Crippen molar-refractivity contribution in [2.75, 3.05) is 18.4 Å². The average molecular weight is 581 g/mol. The summed E-state index contributed by atoms with van der Waals surface area (Å²) in [7, 11) is 0. The van der Waals surface area contributed by atoms with Crippen LogP contribution in [0.2, 0.25) is 0 Å². The Bertz CT molecular complexity index is 1370. The lowest BCUT2D eigenvalue weighted by molar-refractivity contribution is -0.115. The normalized spacial score (nSPS) is 17.0. The largest absolute Gasteiger partial charge is 0.465 e. The van der Waals surface area contributed by atoms with Crippen molar-refractivity contribution in [2.45, 2.75) is 63.8 Å². The number of carboxylic acid groups (broad SMARTS) is 1. The highest BCUT2D eigenvalue weighted by molar-refractivity contribution is 7.14. The first-order chi connectivity index (χ1) is 19.6. The minimum Gasteiger partial charge on any atom is -0.465 e. The van der Waals surface area contributed by atoms with Gasteiger partial charge in [0, 0.05) is 28.5 Å². The molecule has 0 atom stereocenters. The average Bonchev–Trinajstić information content (AvgIpc) is 3.43. The van der Waals surface area contributed by atoms with Crippen LogP contribution in [0.5, 0.6) is 0 Å². The van der Waals surface area contributed by atoms with Crippen molar-refractivity contribution in [2.24, 2.45) is 0 Å². The number of carbonyl (C=O) groups is 3. The van der Waals surface area contributed by atoms with Crippen molar-refractivity contribution in [1.29, 1.82) is 0 Å². The van der Waals surface area contributed by atoms with Crippen LogP contribution in [0, 0.1) is 0 Å². The van der Waals surface area contributed by atoms with E-state index in [1.54, 1.807) is 18.2 Å². The number of nitrogens with zero attached hydrogens (tertiary/aromatic N) is 1. The standard InChI is InChI=1S/C30H36N4O6S/c1-30(2,18-32-29(38)39)22-8-4-7-21(14-22)27(37)31-15-26(36)34-28-33-25(17-41-28)20-6-3-5-19(13-20)16-40-24-11-9-23(35)10-12-24/h3-8,13-14,17,23-24,32,35H,9-12,15-16,18H2,1-2H3,(H,31,37)(H,38,39)(H,33,34,36)/t23-,24-. The lowest BCUT2D eigenvalue weighted by Crippen LogP contribution is -2.36. The molecule has 1 aromatic heterocycles. The van der Waals surface area contributed by atoms with E-state index in [4.69, 9.17) is 9.84 Å². The number of nitrogens with one attached hydrogen (secondary N) is 3. The highest BCUT2D eigenvalue weighted by atomic mass is 32.1. The van der Waals surface area contributed by atoms with Gasteiger partial charge in [-0.25, -0.2) is 9.78 Å². The van der Waals surface area contributed by atoms with E-state index in [2.05, 4.69) is 20.9 Å². The summed E-state index contributed by atoms with van der Waals surface area (Å²) in [4.78, 5) is 40.6. The number of anilines is 1. The summed E-state index contributed by atoms with van der Waals surface area (Å²) < 4.78 is 6.04. The molecule has 0 bridgehead atoms. The van der Waals surface area contributed by atoms with E-state index in [1.165, 1.54) is 11.3 Å². The molecule has 1 heterocycles.